The Hall–Kier alpha value is -2.10. The molecule has 4 heteroatoms. The predicted octanol–water partition coefficient (Wildman–Crippen LogP) is 3.88. The summed E-state index contributed by atoms with van der Waals surface area (Å²) in [6, 6.07) is 5.05. The van der Waals surface area contributed by atoms with Crippen molar-refractivity contribution in [2.24, 2.45) is 0 Å². The van der Waals surface area contributed by atoms with Gasteiger partial charge >= 0.3 is 6.09 Å². The molecule has 1 N–H and O–H groups in total. The predicted molar refractivity (Wildman–Crippen MR) is 76.4 cm³/mol. The molecule has 0 unspecified atom stereocenters. The number of benzene rings is 1. The SMILES string of the molecule is C=C(C)c1cc(C=O)cc(NC(=O)OC(C)(C)C)c1. The Morgan fingerprint density at radius 2 is 1.95 bits per heavy atom. The van der Waals surface area contributed by atoms with Crippen molar-refractivity contribution < 1.29 is 14.3 Å². The van der Waals surface area contributed by atoms with Crippen LogP contribution in [0.5, 0.6) is 0 Å². The molecule has 1 aromatic rings. The molecule has 0 heterocycles. The van der Waals surface area contributed by atoms with Crippen molar-refractivity contribution in [2.75, 3.05) is 5.32 Å². The number of hydrogen-bond acceptors (Lipinski definition) is 3. The van der Waals surface area contributed by atoms with Crippen molar-refractivity contribution in [3.05, 3.63) is 35.9 Å². The van der Waals surface area contributed by atoms with Crippen molar-refractivity contribution in [1.29, 1.82) is 0 Å². The maximum absolute atomic E-state index is 11.7. The second-order valence-corrected chi connectivity index (χ2v) is 5.37. The molecule has 0 saturated heterocycles. The second kappa shape index (κ2) is 5.69. The summed E-state index contributed by atoms with van der Waals surface area (Å²) < 4.78 is 5.15. The van der Waals surface area contributed by atoms with Crippen molar-refractivity contribution >= 4 is 23.6 Å². The number of hydrogen-bond donors (Lipinski definition) is 1. The molecule has 1 aromatic carbocycles. The topological polar surface area (TPSA) is 55.4 Å². The second-order valence-electron chi connectivity index (χ2n) is 5.37. The van der Waals surface area contributed by atoms with Crippen LogP contribution in [0.15, 0.2) is 24.8 Å². The zero-order chi connectivity index (χ0) is 14.6. The van der Waals surface area contributed by atoms with E-state index in [-0.39, 0.29) is 0 Å². The summed E-state index contributed by atoms with van der Waals surface area (Å²) >= 11 is 0. The van der Waals surface area contributed by atoms with Crippen molar-refractivity contribution in [3.8, 4) is 0 Å². The fourth-order valence-electron chi connectivity index (χ4n) is 1.46. The molecule has 0 aliphatic rings. The Morgan fingerprint density at radius 3 is 2.42 bits per heavy atom. The summed E-state index contributed by atoms with van der Waals surface area (Å²) in [5.74, 6) is 0. The molecule has 0 aliphatic heterocycles. The van der Waals surface area contributed by atoms with Gasteiger partial charge in [0.1, 0.15) is 11.9 Å². The van der Waals surface area contributed by atoms with Gasteiger partial charge in [-0.15, -0.1) is 0 Å². The lowest BCUT2D eigenvalue weighted by Crippen LogP contribution is -2.27. The van der Waals surface area contributed by atoms with E-state index in [2.05, 4.69) is 11.9 Å². The molecule has 0 atom stereocenters. The number of rotatable bonds is 3. The lowest BCUT2D eigenvalue weighted by molar-refractivity contribution is 0.0635. The van der Waals surface area contributed by atoms with Gasteiger partial charge in [-0.1, -0.05) is 12.2 Å². The molecule has 102 valence electrons. The van der Waals surface area contributed by atoms with Gasteiger partial charge in [0.2, 0.25) is 0 Å². The third-order valence-electron chi connectivity index (χ3n) is 2.23. The third-order valence-corrected chi connectivity index (χ3v) is 2.23. The van der Waals surface area contributed by atoms with E-state index in [0.29, 0.717) is 11.3 Å². The van der Waals surface area contributed by atoms with E-state index in [4.69, 9.17) is 4.74 Å². The molecule has 1 amide bonds. The normalized spacial score (nSPS) is 10.7. The highest BCUT2D eigenvalue weighted by molar-refractivity contribution is 5.88. The Morgan fingerprint density at radius 1 is 1.32 bits per heavy atom. The minimum Gasteiger partial charge on any atom is -0.444 e. The number of amides is 1. The maximum Gasteiger partial charge on any atom is 0.412 e. The minimum absolute atomic E-state index is 0.478. The average molecular weight is 261 g/mol. The lowest BCUT2D eigenvalue weighted by Gasteiger charge is -2.20. The zero-order valence-electron chi connectivity index (χ0n) is 11.7. The molecule has 0 aliphatic carbocycles. The summed E-state index contributed by atoms with van der Waals surface area (Å²) in [5, 5.41) is 2.61. The van der Waals surface area contributed by atoms with E-state index >= 15 is 0 Å². The standard InChI is InChI=1S/C15H19NO3/c1-10(2)12-6-11(9-17)7-13(8-12)16-14(18)19-15(3,4)5/h6-9H,1H2,2-5H3,(H,16,18). The number of anilines is 1. The van der Waals surface area contributed by atoms with Crippen molar-refractivity contribution in [2.45, 2.75) is 33.3 Å². The van der Waals surface area contributed by atoms with Gasteiger partial charge < -0.3 is 4.74 Å². The van der Waals surface area contributed by atoms with Gasteiger partial charge in [0.25, 0.3) is 0 Å². The van der Waals surface area contributed by atoms with Crippen LogP contribution in [0.1, 0.15) is 43.6 Å². The molecule has 0 bridgehead atoms. The Kier molecular flexibility index (Phi) is 4.48. The number of aldehydes is 1. The Balaban J connectivity index is 2.94. The van der Waals surface area contributed by atoms with Gasteiger partial charge in [-0.05, 0) is 51.5 Å². The molecule has 0 fully saturated rings. The Labute approximate surface area is 113 Å². The molecule has 1 rings (SSSR count). The summed E-state index contributed by atoms with van der Waals surface area (Å²) in [6.07, 6.45) is 0.176. The van der Waals surface area contributed by atoms with Gasteiger partial charge in [-0.3, -0.25) is 10.1 Å². The summed E-state index contributed by atoms with van der Waals surface area (Å²) in [7, 11) is 0. The summed E-state index contributed by atoms with van der Waals surface area (Å²) in [4.78, 5) is 22.5. The van der Waals surface area contributed by atoms with E-state index < -0.39 is 11.7 Å². The number of nitrogens with one attached hydrogen (secondary N) is 1. The van der Waals surface area contributed by atoms with Gasteiger partial charge in [0.05, 0.1) is 0 Å². The lowest BCUT2D eigenvalue weighted by atomic mass is 10.1. The summed E-state index contributed by atoms with van der Waals surface area (Å²) in [6.45, 7) is 11.0. The number of allylic oxidation sites excluding steroid dienone is 1. The number of carbonyl (C=O) groups is 2. The van der Waals surface area contributed by atoms with Crippen LogP contribution in [0.25, 0.3) is 5.57 Å². The highest BCUT2D eigenvalue weighted by atomic mass is 16.6. The van der Waals surface area contributed by atoms with Crippen LogP contribution in [-0.4, -0.2) is 18.0 Å². The van der Waals surface area contributed by atoms with Gasteiger partial charge in [-0.2, -0.15) is 0 Å². The van der Waals surface area contributed by atoms with Crippen molar-refractivity contribution in [3.63, 3.8) is 0 Å². The minimum atomic E-state index is -0.566. The first kappa shape index (κ1) is 15.0. The number of carbonyl (C=O) groups excluding carboxylic acids is 2. The first-order valence-corrected chi connectivity index (χ1v) is 5.97. The molecular weight excluding hydrogens is 242 g/mol. The maximum atomic E-state index is 11.7. The van der Waals surface area contributed by atoms with E-state index in [1.165, 1.54) is 0 Å². The molecule has 19 heavy (non-hydrogen) atoms. The van der Waals surface area contributed by atoms with Gasteiger partial charge in [0, 0.05) is 11.3 Å². The molecule has 0 radical (unpaired) electrons. The van der Waals surface area contributed by atoms with E-state index in [0.717, 1.165) is 17.4 Å². The molecule has 0 spiro atoms. The quantitative estimate of drug-likeness (QED) is 0.840. The van der Waals surface area contributed by atoms with Gasteiger partial charge in [0.15, 0.2) is 0 Å². The monoisotopic (exact) mass is 261 g/mol. The third kappa shape index (κ3) is 4.95. The molecular formula is C15H19NO3. The van der Waals surface area contributed by atoms with E-state index in [1.54, 1.807) is 39.0 Å². The highest BCUT2D eigenvalue weighted by Crippen LogP contribution is 2.20. The fourth-order valence-corrected chi connectivity index (χ4v) is 1.46. The van der Waals surface area contributed by atoms with Crippen LogP contribution in [0.4, 0.5) is 10.5 Å². The van der Waals surface area contributed by atoms with Crippen LogP contribution < -0.4 is 5.32 Å². The molecule has 0 aromatic heterocycles. The highest BCUT2D eigenvalue weighted by Gasteiger charge is 2.16. The smallest absolute Gasteiger partial charge is 0.412 e. The van der Waals surface area contributed by atoms with Crippen LogP contribution in [0.3, 0.4) is 0 Å². The fraction of sp³-hybridized carbons (Fsp3) is 0.333. The van der Waals surface area contributed by atoms with Crippen LogP contribution in [0, 0.1) is 0 Å². The van der Waals surface area contributed by atoms with Crippen LogP contribution in [0.2, 0.25) is 0 Å². The van der Waals surface area contributed by atoms with Crippen LogP contribution >= 0.6 is 0 Å². The molecule has 0 saturated carbocycles. The van der Waals surface area contributed by atoms with Gasteiger partial charge in [-0.25, -0.2) is 4.79 Å². The first-order chi connectivity index (χ1) is 8.71. The first-order valence-electron chi connectivity index (χ1n) is 5.97. The average Bonchev–Trinajstić information content (AvgIpc) is 2.25. The zero-order valence-corrected chi connectivity index (χ0v) is 11.7. The number of ether oxygens (including phenoxy) is 1. The van der Waals surface area contributed by atoms with Crippen molar-refractivity contribution in [1.82, 2.24) is 0 Å². The summed E-state index contributed by atoms with van der Waals surface area (Å²) in [5.41, 5.74) is 2.04. The Bertz CT molecular complexity index is 513. The van der Waals surface area contributed by atoms with E-state index in [1.807, 2.05) is 6.92 Å². The van der Waals surface area contributed by atoms with Crippen LogP contribution in [-0.2, 0) is 4.74 Å². The molecule has 4 nitrogen and oxygen atoms in total. The van der Waals surface area contributed by atoms with E-state index in [9.17, 15) is 9.59 Å². The largest absolute Gasteiger partial charge is 0.444 e.